The van der Waals surface area contributed by atoms with Crippen LogP contribution in [0.5, 0.6) is 5.75 Å². The molecule has 0 bridgehead atoms. The minimum absolute atomic E-state index is 0.0105. The second kappa shape index (κ2) is 4.62. The average Bonchev–Trinajstić information content (AvgIpc) is 2.85. The lowest BCUT2D eigenvalue weighted by Gasteiger charge is -2.07. The summed E-state index contributed by atoms with van der Waals surface area (Å²) in [5.74, 6) is -2.28. The summed E-state index contributed by atoms with van der Waals surface area (Å²) >= 11 is 0. The van der Waals surface area contributed by atoms with Crippen LogP contribution in [0, 0.1) is 0 Å². The molecule has 2 aromatic rings. The number of nitrogens with one attached hydrogen (secondary N) is 1. The minimum atomic E-state index is -1.28. The summed E-state index contributed by atoms with van der Waals surface area (Å²) in [6, 6.07) is 7.04. The van der Waals surface area contributed by atoms with E-state index in [1.165, 1.54) is 30.5 Å². The van der Waals surface area contributed by atoms with Gasteiger partial charge in [-0.3, -0.25) is 4.79 Å². The summed E-state index contributed by atoms with van der Waals surface area (Å²) in [5.41, 5.74) is -0.274. The van der Waals surface area contributed by atoms with E-state index in [2.05, 4.69) is 5.32 Å². The van der Waals surface area contributed by atoms with Crippen LogP contribution >= 0.6 is 0 Å². The molecule has 92 valence electrons. The van der Waals surface area contributed by atoms with Gasteiger partial charge in [-0.2, -0.15) is 0 Å². The van der Waals surface area contributed by atoms with Crippen LogP contribution in [0.3, 0.4) is 0 Å². The van der Waals surface area contributed by atoms with Gasteiger partial charge < -0.3 is 19.9 Å². The SMILES string of the molecule is O=C(Nc1cccc(C(=O)O)c1O)c1ccco1. The van der Waals surface area contributed by atoms with Crippen LogP contribution in [0.2, 0.25) is 0 Å². The van der Waals surface area contributed by atoms with Crippen LogP contribution in [0.1, 0.15) is 20.9 Å². The van der Waals surface area contributed by atoms with Gasteiger partial charge in [-0.1, -0.05) is 6.07 Å². The highest BCUT2D eigenvalue weighted by atomic mass is 16.4. The van der Waals surface area contributed by atoms with E-state index in [0.29, 0.717) is 0 Å². The van der Waals surface area contributed by atoms with Crippen molar-refractivity contribution in [1.29, 1.82) is 0 Å². The third-order valence-corrected chi connectivity index (χ3v) is 2.26. The fourth-order valence-corrected chi connectivity index (χ4v) is 1.41. The number of amides is 1. The maximum absolute atomic E-state index is 11.6. The third-order valence-electron chi connectivity index (χ3n) is 2.26. The van der Waals surface area contributed by atoms with Crippen LogP contribution in [0.25, 0.3) is 0 Å². The van der Waals surface area contributed by atoms with Crippen LogP contribution < -0.4 is 5.32 Å². The van der Waals surface area contributed by atoms with E-state index in [9.17, 15) is 14.7 Å². The molecule has 0 fully saturated rings. The Balaban J connectivity index is 2.27. The lowest BCUT2D eigenvalue weighted by atomic mass is 10.1. The summed E-state index contributed by atoms with van der Waals surface area (Å²) in [6.45, 7) is 0. The predicted molar refractivity (Wildman–Crippen MR) is 61.7 cm³/mol. The average molecular weight is 247 g/mol. The van der Waals surface area contributed by atoms with E-state index >= 15 is 0 Å². The van der Waals surface area contributed by atoms with Crippen molar-refractivity contribution >= 4 is 17.6 Å². The van der Waals surface area contributed by atoms with Gasteiger partial charge in [0.2, 0.25) is 0 Å². The smallest absolute Gasteiger partial charge is 0.339 e. The highest BCUT2D eigenvalue weighted by Gasteiger charge is 2.16. The molecular formula is C12H9NO5. The number of furan rings is 1. The Morgan fingerprint density at radius 3 is 2.56 bits per heavy atom. The van der Waals surface area contributed by atoms with Gasteiger partial charge in [0.25, 0.3) is 5.91 Å². The van der Waals surface area contributed by atoms with E-state index in [4.69, 9.17) is 9.52 Å². The van der Waals surface area contributed by atoms with Gasteiger partial charge in [0.05, 0.1) is 12.0 Å². The second-order valence-electron chi connectivity index (χ2n) is 3.44. The Kier molecular flexibility index (Phi) is 3.01. The minimum Gasteiger partial charge on any atom is -0.505 e. The first-order chi connectivity index (χ1) is 8.59. The van der Waals surface area contributed by atoms with Crippen LogP contribution in [0.4, 0.5) is 5.69 Å². The molecule has 6 heteroatoms. The number of aromatic hydroxyl groups is 1. The van der Waals surface area contributed by atoms with Crippen molar-refractivity contribution in [1.82, 2.24) is 0 Å². The van der Waals surface area contributed by atoms with E-state index in [0.717, 1.165) is 0 Å². The monoisotopic (exact) mass is 247 g/mol. The number of phenols is 1. The van der Waals surface area contributed by atoms with Crippen molar-refractivity contribution in [2.45, 2.75) is 0 Å². The molecular weight excluding hydrogens is 238 g/mol. The fourth-order valence-electron chi connectivity index (χ4n) is 1.41. The highest BCUT2D eigenvalue weighted by molar-refractivity contribution is 6.04. The van der Waals surface area contributed by atoms with Crippen molar-refractivity contribution in [2.24, 2.45) is 0 Å². The number of hydrogen-bond donors (Lipinski definition) is 3. The molecule has 1 aromatic heterocycles. The number of anilines is 1. The van der Waals surface area contributed by atoms with Gasteiger partial charge in [-0.15, -0.1) is 0 Å². The quantitative estimate of drug-likeness (QED) is 0.719. The maximum Gasteiger partial charge on any atom is 0.339 e. The zero-order chi connectivity index (χ0) is 13.1. The molecule has 0 saturated heterocycles. The molecule has 0 aliphatic rings. The number of para-hydroxylation sites is 1. The number of rotatable bonds is 3. The summed E-state index contributed by atoms with van der Waals surface area (Å²) in [4.78, 5) is 22.4. The Bertz CT molecular complexity index is 589. The standard InChI is InChI=1S/C12H9NO5/c14-10-7(12(16)17)3-1-4-8(10)13-11(15)9-5-2-6-18-9/h1-6,14H,(H,13,15)(H,16,17). The number of carbonyl (C=O) groups excluding carboxylic acids is 1. The number of aromatic carboxylic acids is 1. The van der Waals surface area contributed by atoms with Crippen molar-refractivity contribution in [3.05, 3.63) is 47.9 Å². The zero-order valence-corrected chi connectivity index (χ0v) is 9.08. The second-order valence-corrected chi connectivity index (χ2v) is 3.44. The number of benzene rings is 1. The van der Waals surface area contributed by atoms with E-state index in [1.807, 2.05) is 0 Å². The molecule has 0 aliphatic heterocycles. The van der Waals surface area contributed by atoms with E-state index < -0.39 is 17.6 Å². The molecule has 3 N–H and O–H groups in total. The summed E-state index contributed by atoms with van der Waals surface area (Å²) in [7, 11) is 0. The lowest BCUT2D eigenvalue weighted by molar-refractivity contribution is 0.0693. The number of carbonyl (C=O) groups is 2. The van der Waals surface area contributed by atoms with Gasteiger partial charge in [0.1, 0.15) is 5.56 Å². The van der Waals surface area contributed by atoms with Gasteiger partial charge in [-0.05, 0) is 24.3 Å². The van der Waals surface area contributed by atoms with Gasteiger partial charge in [0.15, 0.2) is 11.5 Å². The molecule has 0 saturated carbocycles. The molecule has 0 aliphatic carbocycles. The normalized spacial score (nSPS) is 10.0. The summed E-state index contributed by atoms with van der Waals surface area (Å²) in [6.07, 6.45) is 1.34. The van der Waals surface area contributed by atoms with Crippen LogP contribution in [0.15, 0.2) is 41.0 Å². The predicted octanol–water partition coefficient (Wildman–Crippen LogP) is 1.94. The molecule has 18 heavy (non-hydrogen) atoms. The van der Waals surface area contributed by atoms with E-state index in [1.54, 1.807) is 6.07 Å². The van der Waals surface area contributed by atoms with E-state index in [-0.39, 0.29) is 17.0 Å². The Labute approximate surface area is 101 Å². The largest absolute Gasteiger partial charge is 0.505 e. The number of carboxylic acid groups (broad SMARTS) is 1. The number of hydrogen-bond acceptors (Lipinski definition) is 4. The first-order valence-corrected chi connectivity index (χ1v) is 4.99. The Morgan fingerprint density at radius 2 is 1.94 bits per heavy atom. The molecule has 1 heterocycles. The van der Waals surface area contributed by atoms with Crippen molar-refractivity contribution < 1.29 is 24.2 Å². The third kappa shape index (κ3) is 2.17. The highest BCUT2D eigenvalue weighted by Crippen LogP contribution is 2.27. The van der Waals surface area contributed by atoms with Gasteiger partial charge in [0, 0.05) is 0 Å². The lowest BCUT2D eigenvalue weighted by Crippen LogP contribution is -2.11. The zero-order valence-electron chi connectivity index (χ0n) is 9.08. The van der Waals surface area contributed by atoms with Gasteiger partial charge in [-0.25, -0.2) is 4.79 Å². The summed E-state index contributed by atoms with van der Waals surface area (Å²) < 4.78 is 4.88. The van der Waals surface area contributed by atoms with Crippen LogP contribution in [-0.2, 0) is 0 Å². The molecule has 0 spiro atoms. The van der Waals surface area contributed by atoms with Crippen molar-refractivity contribution in [2.75, 3.05) is 5.32 Å². The molecule has 2 rings (SSSR count). The topological polar surface area (TPSA) is 99.8 Å². The molecule has 0 atom stereocenters. The molecule has 0 unspecified atom stereocenters. The Morgan fingerprint density at radius 1 is 1.17 bits per heavy atom. The number of carboxylic acids is 1. The summed E-state index contributed by atoms with van der Waals surface area (Å²) in [5, 5.41) is 20.9. The first-order valence-electron chi connectivity index (χ1n) is 4.99. The molecule has 1 amide bonds. The Hall–Kier alpha value is -2.76. The van der Waals surface area contributed by atoms with Crippen molar-refractivity contribution in [3.63, 3.8) is 0 Å². The maximum atomic E-state index is 11.6. The van der Waals surface area contributed by atoms with Gasteiger partial charge >= 0.3 is 5.97 Å². The molecule has 1 aromatic carbocycles. The first kappa shape index (κ1) is 11.7. The van der Waals surface area contributed by atoms with Crippen LogP contribution in [-0.4, -0.2) is 22.1 Å². The van der Waals surface area contributed by atoms with Crippen molar-refractivity contribution in [3.8, 4) is 5.75 Å². The molecule has 6 nitrogen and oxygen atoms in total. The fraction of sp³-hybridized carbons (Fsp3) is 0. The molecule has 0 radical (unpaired) electrons.